The third-order valence-electron chi connectivity index (χ3n) is 7.48. The van der Waals surface area contributed by atoms with Crippen LogP contribution >= 0.6 is 8.38 Å². The van der Waals surface area contributed by atoms with Gasteiger partial charge in [0.25, 0.3) is 5.91 Å². The van der Waals surface area contributed by atoms with Crippen LogP contribution in [0.4, 0.5) is 36.3 Å². The minimum Gasteiger partial charge on any atom is -0.495 e. The summed E-state index contributed by atoms with van der Waals surface area (Å²) >= 11 is 0. The van der Waals surface area contributed by atoms with E-state index >= 15 is 0 Å². The van der Waals surface area contributed by atoms with Crippen LogP contribution in [-0.4, -0.2) is 64.0 Å². The number of nitrogens with one attached hydrogen (secondary N) is 2. The van der Waals surface area contributed by atoms with Gasteiger partial charge in [0.1, 0.15) is 17.1 Å². The number of halogens is 3. The third-order valence-corrected chi connectivity index (χ3v) is 9.12. The average Bonchev–Trinajstić information content (AvgIpc) is 3.52. The van der Waals surface area contributed by atoms with Gasteiger partial charge in [-0.3, -0.25) is 9.48 Å². The quantitative estimate of drug-likeness (QED) is 0.200. The number of rotatable bonds is 6. The molecule has 4 aromatic rings. The van der Waals surface area contributed by atoms with Crippen LogP contribution in [0.2, 0.25) is 0 Å². The van der Waals surface area contributed by atoms with Crippen LogP contribution in [0.1, 0.15) is 48.7 Å². The van der Waals surface area contributed by atoms with Crippen LogP contribution in [0.25, 0.3) is 11.1 Å². The Kier molecular flexibility index (Phi) is 10.9. The number of aromatic nitrogens is 4. The SMILES string of the molecule is CCOP1Cc2ccc(c(OC)c2)Nc2ncc(C(F)(F)F)c(n2)Nc2ccc(cc2C(=O)N(CC)CC)-c2cnn(c2)CCCO1. The van der Waals surface area contributed by atoms with E-state index in [2.05, 4.69) is 25.7 Å². The zero-order chi connectivity index (χ0) is 33.6. The molecule has 4 aliphatic heterocycles. The van der Waals surface area contributed by atoms with Crippen molar-refractivity contribution in [1.82, 2.24) is 24.6 Å². The Morgan fingerprint density at radius 3 is 2.57 bits per heavy atom. The van der Waals surface area contributed by atoms with E-state index < -0.39 is 25.9 Å². The summed E-state index contributed by atoms with van der Waals surface area (Å²) in [5.41, 5.74) is 2.06. The van der Waals surface area contributed by atoms with Gasteiger partial charge >= 0.3 is 6.18 Å². The Morgan fingerprint density at radius 1 is 1.06 bits per heavy atom. The number of methoxy groups -OCH3 is 1. The molecule has 2 N–H and O–H groups in total. The molecule has 47 heavy (non-hydrogen) atoms. The van der Waals surface area contributed by atoms with Gasteiger partial charge < -0.3 is 29.3 Å². The van der Waals surface area contributed by atoms with Crippen LogP contribution in [0.3, 0.4) is 0 Å². The molecule has 1 atom stereocenters. The van der Waals surface area contributed by atoms with Gasteiger partial charge in [-0.15, -0.1) is 0 Å². The lowest BCUT2D eigenvalue weighted by atomic mass is 10.0. The maximum atomic E-state index is 14.2. The third kappa shape index (κ3) is 8.19. The second-order valence-electron chi connectivity index (χ2n) is 10.6. The fourth-order valence-electron chi connectivity index (χ4n) is 5.07. The van der Waals surface area contributed by atoms with Gasteiger partial charge in [-0.2, -0.15) is 23.3 Å². The molecule has 11 nitrogen and oxygen atoms in total. The number of amides is 1. The lowest BCUT2D eigenvalue weighted by Crippen LogP contribution is -2.31. The zero-order valence-electron chi connectivity index (χ0n) is 26.6. The predicted molar refractivity (Wildman–Crippen MR) is 174 cm³/mol. The lowest BCUT2D eigenvalue weighted by Gasteiger charge is -2.22. The van der Waals surface area contributed by atoms with E-state index in [1.54, 1.807) is 40.0 Å². The smallest absolute Gasteiger partial charge is 0.421 e. The van der Waals surface area contributed by atoms with Crippen molar-refractivity contribution >= 4 is 37.4 Å². The number of hydrogen-bond donors (Lipinski definition) is 2. The van der Waals surface area contributed by atoms with Gasteiger partial charge in [-0.25, -0.2) is 4.98 Å². The summed E-state index contributed by atoms with van der Waals surface area (Å²) in [7, 11) is 0.260. The topological polar surface area (TPSA) is 116 Å². The number of aryl methyl sites for hydroxylation is 1. The Bertz CT molecular complexity index is 1700. The Morgan fingerprint density at radius 2 is 1.85 bits per heavy atom. The highest BCUT2D eigenvalue weighted by atomic mass is 31.2. The molecule has 4 aliphatic rings. The van der Waals surface area contributed by atoms with Crippen molar-refractivity contribution in [3.05, 3.63) is 71.7 Å². The number of nitrogens with zero attached hydrogens (tertiary/aromatic N) is 5. The number of anilines is 4. The van der Waals surface area contributed by atoms with Crippen LogP contribution < -0.4 is 15.4 Å². The summed E-state index contributed by atoms with van der Waals surface area (Å²) in [6.45, 7) is 7.97. The maximum Gasteiger partial charge on any atom is 0.421 e. The summed E-state index contributed by atoms with van der Waals surface area (Å²) in [4.78, 5) is 23.5. The number of carbonyl (C=O) groups is 1. The molecule has 1 unspecified atom stereocenters. The summed E-state index contributed by atoms with van der Waals surface area (Å²) in [6.07, 6.45) is 0.692. The van der Waals surface area contributed by atoms with Crippen molar-refractivity contribution in [2.75, 3.05) is 44.0 Å². The molecule has 250 valence electrons. The molecule has 8 rings (SSSR count). The molecule has 1 amide bonds. The van der Waals surface area contributed by atoms with Crippen molar-refractivity contribution in [3.63, 3.8) is 0 Å². The number of alkyl halides is 3. The van der Waals surface area contributed by atoms with Crippen molar-refractivity contribution in [2.24, 2.45) is 0 Å². The number of hydrogen-bond acceptors (Lipinski definition) is 9. The van der Waals surface area contributed by atoms with Crippen molar-refractivity contribution in [1.29, 1.82) is 0 Å². The molecule has 15 heteroatoms. The zero-order valence-corrected chi connectivity index (χ0v) is 27.5. The fraction of sp³-hybridized carbons (Fsp3) is 0.375. The Hall–Kier alpha value is -4.26. The van der Waals surface area contributed by atoms with E-state index in [1.807, 2.05) is 39.1 Å². The van der Waals surface area contributed by atoms with Gasteiger partial charge in [0.2, 0.25) is 5.95 Å². The molecule has 6 heterocycles. The lowest BCUT2D eigenvalue weighted by molar-refractivity contribution is -0.137. The van der Waals surface area contributed by atoms with Gasteiger partial charge in [-0.05, 0) is 62.6 Å². The first-order valence-corrected chi connectivity index (χ1v) is 16.6. The fourth-order valence-corrected chi connectivity index (χ4v) is 6.44. The molecule has 0 saturated carbocycles. The van der Waals surface area contributed by atoms with E-state index in [1.165, 1.54) is 7.11 Å². The van der Waals surface area contributed by atoms with Gasteiger partial charge in [0, 0.05) is 43.8 Å². The van der Waals surface area contributed by atoms with Crippen molar-refractivity contribution < 1.29 is 31.8 Å². The first kappa shape index (κ1) is 34.1. The second-order valence-corrected chi connectivity index (χ2v) is 12.1. The standard InChI is InChI=1S/C32H37F3N7O4P/c1-5-41(6-2)30(43)24-16-22-10-12-26(24)38-29-25(32(33,34)35)18-36-31(40-29)39-27-11-9-21(15-28(27)44-4)20-47(45-7-3)46-14-8-13-42-19-23(22)17-37-42/h9-12,15-19H,5-8,13-14,20H2,1-4H3,(H2,36,38,39,40). The second kappa shape index (κ2) is 15.1. The Balaban J connectivity index is 1.63. The number of carbonyl (C=O) groups excluding carboxylic acids is 1. The van der Waals surface area contributed by atoms with Crippen LogP contribution in [-0.2, 0) is 27.9 Å². The van der Waals surface area contributed by atoms with Crippen LogP contribution in [0, 0.1) is 0 Å². The summed E-state index contributed by atoms with van der Waals surface area (Å²) in [5.74, 6) is -0.517. The molecule has 0 radical (unpaired) electrons. The van der Waals surface area contributed by atoms with E-state index in [4.69, 9.17) is 13.8 Å². The molecular weight excluding hydrogens is 634 g/mol. The van der Waals surface area contributed by atoms with Gasteiger partial charge in [0.05, 0.1) is 43.5 Å². The van der Waals surface area contributed by atoms with Crippen molar-refractivity contribution in [2.45, 2.75) is 46.1 Å². The van der Waals surface area contributed by atoms with Gasteiger partial charge in [-0.1, -0.05) is 12.1 Å². The highest BCUT2D eigenvalue weighted by Gasteiger charge is 2.36. The summed E-state index contributed by atoms with van der Waals surface area (Å²) in [5, 5.41) is 10.3. The number of benzene rings is 2. The summed E-state index contributed by atoms with van der Waals surface area (Å²) in [6, 6.07) is 10.4. The van der Waals surface area contributed by atoms with Crippen LogP contribution in [0.5, 0.6) is 5.75 Å². The first-order valence-electron chi connectivity index (χ1n) is 15.3. The predicted octanol–water partition coefficient (Wildman–Crippen LogP) is 7.61. The summed E-state index contributed by atoms with van der Waals surface area (Å²) < 4.78 is 62.1. The minimum atomic E-state index is -4.77. The highest BCUT2D eigenvalue weighted by Crippen LogP contribution is 2.44. The Labute approximate surface area is 272 Å². The van der Waals surface area contributed by atoms with Gasteiger partial charge in [0.15, 0.2) is 8.38 Å². The molecule has 8 bridgehead atoms. The molecule has 2 aromatic heterocycles. The van der Waals surface area contributed by atoms with E-state index in [-0.39, 0.29) is 23.1 Å². The molecule has 0 aliphatic carbocycles. The van der Waals surface area contributed by atoms with Crippen LogP contribution in [0.15, 0.2) is 55.0 Å². The molecule has 2 aromatic carbocycles. The van der Waals surface area contributed by atoms with E-state index in [9.17, 15) is 18.0 Å². The highest BCUT2D eigenvalue weighted by molar-refractivity contribution is 7.46. The van der Waals surface area contributed by atoms with E-state index in [0.29, 0.717) is 68.6 Å². The number of ether oxygens (including phenoxy) is 1. The molecule has 0 fully saturated rings. The largest absolute Gasteiger partial charge is 0.495 e. The minimum absolute atomic E-state index is 0.103. The molecular formula is C32H37F3N7O4P. The molecule has 0 spiro atoms. The van der Waals surface area contributed by atoms with Crippen molar-refractivity contribution in [3.8, 4) is 16.9 Å². The maximum absolute atomic E-state index is 14.2. The van der Waals surface area contributed by atoms with E-state index in [0.717, 1.165) is 11.1 Å². The monoisotopic (exact) mass is 671 g/mol. The average molecular weight is 672 g/mol. The molecule has 0 saturated heterocycles. The normalized spacial score (nSPS) is 15.3. The first-order chi connectivity index (χ1) is 22.6.